The predicted octanol–water partition coefficient (Wildman–Crippen LogP) is 12.2. The summed E-state index contributed by atoms with van der Waals surface area (Å²) in [7, 11) is 0. The molecule has 2 atom stereocenters. The molecule has 2 aliphatic heterocycles. The lowest BCUT2D eigenvalue weighted by Crippen LogP contribution is -2.57. The first-order valence-corrected chi connectivity index (χ1v) is 19.8. The summed E-state index contributed by atoms with van der Waals surface area (Å²) in [5.74, 6) is 0.584. The average Bonchev–Trinajstić information content (AvgIpc) is 3.55. The van der Waals surface area contributed by atoms with Crippen molar-refractivity contribution in [2.24, 2.45) is 11.3 Å². The number of para-hydroxylation sites is 2. The number of fused-ring (bicyclic) bond motifs is 11. The summed E-state index contributed by atoms with van der Waals surface area (Å²) in [6.07, 6.45) is 15.0. The van der Waals surface area contributed by atoms with E-state index in [-0.39, 0.29) is 18.2 Å². The predicted molar refractivity (Wildman–Crippen MR) is 235 cm³/mol. The first-order valence-electron chi connectivity index (χ1n) is 19.8. The van der Waals surface area contributed by atoms with Crippen molar-refractivity contribution in [2.45, 2.75) is 26.7 Å². The first kappa shape index (κ1) is 30.1. The molecule has 2 unspecified atom stereocenters. The quantitative estimate of drug-likeness (QED) is 0.155. The van der Waals surface area contributed by atoms with E-state index in [0.29, 0.717) is 5.92 Å². The van der Waals surface area contributed by atoms with Crippen LogP contribution in [0.3, 0.4) is 0 Å². The van der Waals surface area contributed by atoms with Gasteiger partial charge in [0.15, 0.2) is 0 Å². The maximum Gasteiger partial charge on any atom is 0.333 e. The minimum Gasteiger partial charge on any atom is -0.375 e. The van der Waals surface area contributed by atoms with E-state index in [2.05, 4.69) is 188 Å². The van der Waals surface area contributed by atoms with Crippen LogP contribution >= 0.6 is 0 Å². The van der Waals surface area contributed by atoms with Crippen molar-refractivity contribution in [3.8, 4) is 11.1 Å². The van der Waals surface area contributed by atoms with Gasteiger partial charge in [0.2, 0.25) is 0 Å². The number of aromatic nitrogens is 1. The highest BCUT2D eigenvalue weighted by molar-refractivity contribution is 6.90. The summed E-state index contributed by atoms with van der Waals surface area (Å²) in [4.78, 5) is 2.64. The average molecular weight is 701 g/mol. The van der Waals surface area contributed by atoms with Crippen LogP contribution in [0.25, 0.3) is 66.6 Å². The molecular formula is C52H37BN2. The number of rotatable bonds is 1. The maximum atomic E-state index is 2.70. The lowest BCUT2D eigenvalue weighted by molar-refractivity contribution is 0.499. The normalized spacial score (nSPS) is 18.5. The Bertz CT molecular complexity index is 3210. The Balaban J connectivity index is 1.23. The van der Waals surface area contributed by atoms with Gasteiger partial charge in [0.1, 0.15) is 0 Å². The molecule has 13 rings (SSSR count). The van der Waals surface area contributed by atoms with Gasteiger partial charge in [-0.1, -0.05) is 154 Å². The largest absolute Gasteiger partial charge is 0.375 e. The van der Waals surface area contributed by atoms with Crippen molar-refractivity contribution in [3.63, 3.8) is 0 Å². The summed E-state index contributed by atoms with van der Waals surface area (Å²) in [6.45, 7) is 7.03. The molecule has 1 aromatic heterocycles. The van der Waals surface area contributed by atoms with E-state index in [1.54, 1.807) is 0 Å². The number of hydrogen-bond acceptors (Lipinski definition) is 1. The highest BCUT2D eigenvalue weighted by Gasteiger charge is 2.48. The smallest absolute Gasteiger partial charge is 0.333 e. The van der Waals surface area contributed by atoms with Crippen LogP contribution < -0.4 is 15.8 Å². The SMILES string of the molecule is CC(C)(C)C1=CC2C=Cc3c4c(c5c6c3N(c3ccc7ccccc7c3)c3cc7ccccc7cc3B6n3c6ccccc6c6cccc-5c63)C=CC(=C1)C42. The minimum atomic E-state index is -0.00429. The molecule has 0 spiro atoms. The second kappa shape index (κ2) is 10.3. The van der Waals surface area contributed by atoms with Gasteiger partial charge in [0.25, 0.3) is 0 Å². The molecule has 0 fully saturated rings. The molecule has 7 aromatic carbocycles. The van der Waals surface area contributed by atoms with Crippen LogP contribution in [0.2, 0.25) is 0 Å². The zero-order valence-corrected chi connectivity index (χ0v) is 31.1. The summed E-state index contributed by atoms with van der Waals surface area (Å²) in [5.41, 5.74) is 19.1. The van der Waals surface area contributed by atoms with E-state index in [1.807, 2.05) is 0 Å². The maximum absolute atomic E-state index is 2.70. The Kier molecular flexibility index (Phi) is 5.60. The van der Waals surface area contributed by atoms with Crippen LogP contribution in [0.15, 0.2) is 157 Å². The van der Waals surface area contributed by atoms with Crippen molar-refractivity contribution in [1.29, 1.82) is 0 Å². The molecule has 5 aliphatic rings. The van der Waals surface area contributed by atoms with Crippen LogP contribution in [0.1, 0.15) is 43.4 Å². The molecule has 55 heavy (non-hydrogen) atoms. The summed E-state index contributed by atoms with van der Waals surface area (Å²) < 4.78 is 2.70. The van der Waals surface area contributed by atoms with Gasteiger partial charge in [-0.2, -0.15) is 0 Å². The lowest BCUT2D eigenvalue weighted by atomic mass is 9.43. The molecule has 3 heteroatoms. The standard InChI is InChI=1S/C52H37BN2/c1-52(2,3)36-25-34-20-23-40-47-42(24-21-35(26-36)46(34)47)51-49-48(40)41-17-10-16-39-38-15-8-9-18-44(38)55(50(39)41)53(49)43-28-32-13-6-7-14-33(32)29-45(43)54(51)37-22-19-30-11-4-5-12-31(30)27-37/h4-29,35,46H,1-3H3. The molecule has 3 heterocycles. The molecule has 8 aromatic rings. The fraction of sp³-hybridized carbons (Fsp3) is 0.115. The highest BCUT2D eigenvalue weighted by atomic mass is 15.2. The van der Waals surface area contributed by atoms with Crippen LogP contribution in [-0.4, -0.2) is 11.3 Å². The number of benzene rings is 7. The Labute approximate surface area is 321 Å². The van der Waals surface area contributed by atoms with Crippen molar-refractivity contribution in [1.82, 2.24) is 4.48 Å². The molecule has 0 saturated heterocycles. The third kappa shape index (κ3) is 3.81. The van der Waals surface area contributed by atoms with Crippen LogP contribution in [0, 0.1) is 11.3 Å². The molecule has 0 radical (unpaired) electrons. The fourth-order valence-electron chi connectivity index (χ4n) is 11.0. The Morgan fingerprint density at radius 3 is 2.24 bits per heavy atom. The van der Waals surface area contributed by atoms with Crippen molar-refractivity contribution in [3.05, 3.63) is 173 Å². The van der Waals surface area contributed by atoms with E-state index in [0.717, 1.165) is 0 Å². The van der Waals surface area contributed by atoms with Crippen molar-refractivity contribution in [2.75, 3.05) is 4.90 Å². The first-order chi connectivity index (χ1) is 26.9. The van der Waals surface area contributed by atoms with E-state index < -0.39 is 0 Å². The highest BCUT2D eigenvalue weighted by Crippen LogP contribution is 2.57. The van der Waals surface area contributed by atoms with Gasteiger partial charge in [0, 0.05) is 56.1 Å². The van der Waals surface area contributed by atoms with Crippen LogP contribution in [0.5, 0.6) is 0 Å². The monoisotopic (exact) mass is 700 g/mol. The molecule has 3 aliphatic carbocycles. The van der Waals surface area contributed by atoms with Gasteiger partial charge in [-0.25, -0.2) is 0 Å². The van der Waals surface area contributed by atoms with Crippen LogP contribution in [0.4, 0.5) is 17.1 Å². The Morgan fingerprint density at radius 2 is 1.40 bits per heavy atom. The molecule has 0 saturated carbocycles. The van der Waals surface area contributed by atoms with Gasteiger partial charge in [-0.15, -0.1) is 0 Å². The zero-order chi connectivity index (χ0) is 36.3. The van der Waals surface area contributed by atoms with Crippen molar-refractivity contribution >= 4 is 90.3 Å². The van der Waals surface area contributed by atoms with Gasteiger partial charge in [-0.05, 0) is 90.0 Å². The van der Waals surface area contributed by atoms with Gasteiger partial charge >= 0.3 is 6.85 Å². The van der Waals surface area contributed by atoms with E-state index in [4.69, 9.17) is 0 Å². The minimum absolute atomic E-state index is 0.00429. The molecule has 0 bridgehead atoms. The molecule has 2 nitrogen and oxygen atoms in total. The summed E-state index contributed by atoms with van der Waals surface area (Å²) in [5, 5.41) is 7.70. The topological polar surface area (TPSA) is 8.17 Å². The molecule has 258 valence electrons. The molecular weight excluding hydrogens is 663 g/mol. The second-order valence-corrected chi connectivity index (χ2v) is 17.3. The summed E-state index contributed by atoms with van der Waals surface area (Å²) in [6, 6.07) is 45.8. The third-order valence-corrected chi connectivity index (χ3v) is 13.3. The van der Waals surface area contributed by atoms with E-state index in [9.17, 15) is 0 Å². The third-order valence-electron chi connectivity index (χ3n) is 13.3. The van der Waals surface area contributed by atoms with E-state index >= 15 is 0 Å². The van der Waals surface area contributed by atoms with Gasteiger partial charge < -0.3 is 9.38 Å². The lowest BCUT2D eigenvalue weighted by Gasteiger charge is -2.46. The van der Waals surface area contributed by atoms with E-state index in [1.165, 1.54) is 110 Å². The van der Waals surface area contributed by atoms with Crippen LogP contribution in [-0.2, 0) is 0 Å². The van der Waals surface area contributed by atoms with Gasteiger partial charge in [0.05, 0.1) is 5.69 Å². The number of anilines is 3. The van der Waals surface area contributed by atoms with Crippen molar-refractivity contribution < 1.29 is 0 Å². The number of allylic oxidation sites excluding steroid dienone is 6. The number of hydrogen-bond donors (Lipinski definition) is 0. The molecule has 0 amide bonds. The van der Waals surface area contributed by atoms with Gasteiger partial charge in [-0.3, -0.25) is 0 Å². The Morgan fingerprint density at radius 1 is 0.655 bits per heavy atom. The number of nitrogens with zero attached hydrogens (tertiary/aromatic N) is 2. The Hall–Kier alpha value is -6.32. The second-order valence-electron chi connectivity index (χ2n) is 17.3. The summed E-state index contributed by atoms with van der Waals surface area (Å²) >= 11 is 0. The fourth-order valence-corrected chi connectivity index (χ4v) is 11.0. The molecule has 0 N–H and O–H groups in total. The zero-order valence-electron chi connectivity index (χ0n) is 31.1.